The minimum Gasteiger partial charge on any atom is -0.289 e. The standard InChI is InChI=1S/C10H4BrF3O/c11-8-4-3-7(2-1-5-15)9(6-8)10(12,13)14/h3-6H. The molecular weight excluding hydrogens is 273 g/mol. The highest BCUT2D eigenvalue weighted by Gasteiger charge is 2.33. The molecule has 0 aliphatic carbocycles. The van der Waals surface area contributed by atoms with Gasteiger partial charge in [-0.05, 0) is 24.1 Å². The van der Waals surface area contributed by atoms with Crippen LogP contribution in [0.4, 0.5) is 13.2 Å². The molecule has 0 saturated heterocycles. The molecule has 0 unspecified atom stereocenters. The second-order valence-electron chi connectivity index (χ2n) is 2.57. The van der Waals surface area contributed by atoms with Gasteiger partial charge >= 0.3 is 6.18 Å². The molecule has 0 aromatic heterocycles. The predicted octanol–water partition coefficient (Wildman–Crippen LogP) is 3.02. The summed E-state index contributed by atoms with van der Waals surface area (Å²) in [5.74, 6) is 4.09. The Labute approximate surface area is 92.4 Å². The molecule has 0 atom stereocenters. The van der Waals surface area contributed by atoms with Crippen molar-refractivity contribution in [1.29, 1.82) is 0 Å². The van der Waals surface area contributed by atoms with Gasteiger partial charge in [-0.2, -0.15) is 13.2 Å². The van der Waals surface area contributed by atoms with Crippen LogP contribution in [0.1, 0.15) is 11.1 Å². The van der Waals surface area contributed by atoms with Crippen LogP contribution in [0, 0.1) is 11.8 Å². The van der Waals surface area contributed by atoms with Crippen LogP contribution < -0.4 is 0 Å². The van der Waals surface area contributed by atoms with Gasteiger partial charge in [-0.1, -0.05) is 21.9 Å². The zero-order valence-corrected chi connectivity index (χ0v) is 8.82. The van der Waals surface area contributed by atoms with Crippen LogP contribution in [0.3, 0.4) is 0 Å². The summed E-state index contributed by atoms with van der Waals surface area (Å²) in [5, 5.41) is 0. The Balaban J connectivity index is 3.33. The fourth-order valence-corrected chi connectivity index (χ4v) is 1.33. The average molecular weight is 277 g/mol. The summed E-state index contributed by atoms with van der Waals surface area (Å²) >= 11 is 2.94. The van der Waals surface area contributed by atoms with E-state index in [0.717, 1.165) is 6.07 Å². The maximum absolute atomic E-state index is 12.5. The van der Waals surface area contributed by atoms with E-state index in [9.17, 15) is 18.0 Å². The summed E-state index contributed by atoms with van der Waals surface area (Å²) in [6.45, 7) is 0. The number of hydrogen-bond donors (Lipinski definition) is 0. The van der Waals surface area contributed by atoms with E-state index in [-0.39, 0.29) is 11.8 Å². The molecule has 0 heterocycles. The van der Waals surface area contributed by atoms with Gasteiger partial charge in [0, 0.05) is 10.0 Å². The third-order valence-corrected chi connectivity index (χ3v) is 2.05. The van der Waals surface area contributed by atoms with Crippen LogP contribution >= 0.6 is 15.9 Å². The second kappa shape index (κ2) is 4.49. The minimum atomic E-state index is -4.48. The summed E-state index contributed by atoms with van der Waals surface area (Å²) < 4.78 is 37.7. The number of aldehydes is 1. The Morgan fingerprint density at radius 1 is 1.33 bits per heavy atom. The molecule has 0 amide bonds. The van der Waals surface area contributed by atoms with Crippen LogP contribution in [0.5, 0.6) is 0 Å². The first-order valence-electron chi connectivity index (χ1n) is 3.77. The zero-order chi connectivity index (χ0) is 11.5. The molecule has 1 nitrogen and oxygen atoms in total. The number of hydrogen-bond acceptors (Lipinski definition) is 1. The van der Waals surface area contributed by atoms with Gasteiger partial charge in [0.2, 0.25) is 0 Å². The zero-order valence-electron chi connectivity index (χ0n) is 7.23. The number of halogens is 4. The van der Waals surface area contributed by atoms with E-state index in [1.54, 1.807) is 0 Å². The molecule has 0 aliphatic rings. The lowest BCUT2D eigenvalue weighted by molar-refractivity contribution is -0.137. The van der Waals surface area contributed by atoms with Crippen LogP contribution in [0.2, 0.25) is 0 Å². The van der Waals surface area contributed by atoms with Crippen molar-refractivity contribution in [3.8, 4) is 11.8 Å². The Bertz CT molecular complexity index is 440. The maximum atomic E-state index is 12.5. The van der Waals surface area contributed by atoms with Crippen molar-refractivity contribution < 1.29 is 18.0 Å². The molecule has 0 fully saturated rings. The summed E-state index contributed by atoms with van der Waals surface area (Å²) in [6.07, 6.45) is -4.22. The molecule has 1 aromatic rings. The Kier molecular flexibility index (Phi) is 3.53. The molecule has 15 heavy (non-hydrogen) atoms. The molecule has 0 spiro atoms. The summed E-state index contributed by atoms with van der Waals surface area (Å²) in [5.41, 5.74) is -1.07. The van der Waals surface area contributed by atoms with E-state index in [1.165, 1.54) is 12.1 Å². The predicted molar refractivity (Wildman–Crippen MR) is 52.1 cm³/mol. The lowest BCUT2D eigenvalue weighted by Crippen LogP contribution is -2.07. The minimum absolute atomic E-state index is 0.210. The highest BCUT2D eigenvalue weighted by atomic mass is 79.9. The molecule has 0 saturated carbocycles. The van der Waals surface area contributed by atoms with Gasteiger partial charge in [-0.25, -0.2) is 0 Å². The van der Waals surface area contributed by atoms with Crippen molar-refractivity contribution in [2.75, 3.05) is 0 Å². The monoisotopic (exact) mass is 276 g/mol. The van der Waals surface area contributed by atoms with Crippen LogP contribution in [-0.2, 0) is 11.0 Å². The average Bonchev–Trinajstić information content (AvgIpc) is 2.14. The molecule has 0 N–H and O–H groups in total. The molecule has 5 heteroatoms. The van der Waals surface area contributed by atoms with Crippen molar-refractivity contribution in [2.24, 2.45) is 0 Å². The fraction of sp³-hybridized carbons (Fsp3) is 0.100. The number of carbonyl (C=O) groups excluding carboxylic acids is 1. The molecule has 1 aromatic carbocycles. The first-order valence-corrected chi connectivity index (χ1v) is 4.56. The van der Waals surface area contributed by atoms with Gasteiger partial charge in [-0.3, -0.25) is 4.79 Å². The van der Waals surface area contributed by atoms with Crippen LogP contribution in [-0.4, -0.2) is 6.29 Å². The SMILES string of the molecule is O=CC#Cc1ccc(Br)cc1C(F)(F)F. The second-order valence-corrected chi connectivity index (χ2v) is 3.49. The van der Waals surface area contributed by atoms with Crippen LogP contribution in [0.15, 0.2) is 22.7 Å². The molecule has 1 rings (SSSR count). The Morgan fingerprint density at radius 3 is 2.53 bits per heavy atom. The maximum Gasteiger partial charge on any atom is 0.417 e. The lowest BCUT2D eigenvalue weighted by atomic mass is 10.1. The smallest absolute Gasteiger partial charge is 0.289 e. The van der Waals surface area contributed by atoms with Gasteiger partial charge in [0.1, 0.15) is 0 Å². The lowest BCUT2D eigenvalue weighted by Gasteiger charge is -2.09. The molecule has 78 valence electrons. The number of alkyl halides is 3. The number of rotatable bonds is 0. The Hall–Kier alpha value is -1.28. The summed E-state index contributed by atoms with van der Waals surface area (Å²) in [7, 11) is 0. The van der Waals surface area contributed by atoms with Gasteiger partial charge in [0.25, 0.3) is 0 Å². The van der Waals surface area contributed by atoms with Gasteiger partial charge in [-0.15, -0.1) is 0 Å². The van der Waals surface area contributed by atoms with Crippen molar-refractivity contribution in [1.82, 2.24) is 0 Å². The number of carbonyl (C=O) groups is 1. The van der Waals surface area contributed by atoms with Crippen molar-refractivity contribution in [3.63, 3.8) is 0 Å². The van der Waals surface area contributed by atoms with Gasteiger partial charge < -0.3 is 0 Å². The first-order chi connectivity index (χ1) is 6.95. The van der Waals surface area contributed by atoms with E-state index >= 15 is 0 Å². The highest BCUT2D eigenvalue weighted by molar-refractivity contribution is 9.10. The Morgan fingerprint density at radius 2 is 2.00 bits per heavy atom. The van der Waals surface area contributed by atoms with Crippen molar-refractivity contribution >= 4 is 22.2 Å². The van der Waals surface area contributed by atoms with Gasteiger partial charge in [0.05, 0.1) is 5.56 Å². The largest absolute Gasteiger partial charge is 0.417 e. The quantitative estimate of drug-likeness (QED) is 0.526. The summed E-state index contributed by atoms with van der Waals surface area (Å²) in [6, 6.07) is 3.57. The van der Waals surface area contributed by atoms with Crippen LogP contribution in [0.25, 0.3) is 0 Å². The molecule has 0 bridgehead atoms. The highest BCUT2D eigenvalue weighted by Crippen LogP contribution is 2.33. The topological polar surface area (TPSA) is 17.1 Å². The molecule has 0 radical (unpaired) electrons. The van der Waals surface area contributed by atoms with E-state index in [4.69, 9.17) is 0 Å². The molecule has 0 aliphatic heterocycles. The van der Waals surface area contributed by atoms with E-state index < -0.39 is 11.7 Å². The van der Waals surface area contributed by atoms with E-state index in [0.29, 0.717) is 4.47 Å². The molecular formula is C10H4BrF3O. The summed E-state index contributed by atoms with van der Waals surface area (Å²) in [4.78, 5) is 9.94. The first kappa shape index (κ1) is 11.8. The van der Waals surface area contributed by atoms with E-state index in [2.05, 4.69) is 21.9 Å². The normalized spacial score (nSPS) is 10.4. The van der Waals surface area contributed by atoms with Crippen molar-refractivity contribution in [3.05, 3.63) is 33.8 Å². The number of benzene rings is 1. The third kappa shape index (κ3) is 3.10. The van der Waals surface area contributed by atoms with Crippen molar-refractivity contribution in [2.45, 2.75) is 6.18 Å². The fourth-order valence-electron chi connectivity index (χ4n) is 0.967. The third-order valence-electron chi connectivity index (χ3n) is 1.55. The van der Waals surface area contributed by atoms with Gasteiger partial charge in [0.15, 0.2) is 6.29 Å². The van der Waals surface area contributed by atoms with E-state index in [1.807, 2.05) is 5.92 Å².